The van der Waals surface area contributed by atoms with Gasteiger partial charge in [0.1, 0.15) is 6.04 Å². The Bertz CT molecular complexity index is 1010. The van der Waals surface area contributed by atoms with Crippen molar-refractivity contribution in [1.29, 1.82) is 0 Å². The Morgan fingerprint density at radius 1 is 0.848 bits per heavy atom. The molecule has 0 aliphatic heterocycles. The minimum absolute atomic E-state index is 0.0900. The molecule has 2 amide bonds. The molecule has 0 aromatic heterocycles. The van der Waals surface area contributed by atoms with Gasteiger partial charge in [-0.2, -0.15) is 0 Å². The lowest BCUT2D eigenvalue weighted by Gasteiger charge is -2.31. The predicted molar refractivity (Wildman–Crippen MR) is 134 cm³/mol. The molecule has 0 heterocycles. The minimum atomic E-state index is -0.607. The van der Waals surface area contributed by atoms with E-state index in [2.05, 4.69) is 12.2 Å². The molecule has 0 spiro atoms. The van der Waals surface area contributed by atoms with Gasteiger partial charge >= 0.3 is 0 Å². The Morgan fingerprint density at radius 2 is 1.45 bits per heavy atom. The highest BCUT2D eigenvalue weighted by Crippen LogP contribution is 2.17. The highest BCUT2D eigenvalue weighted by Gasteiger charge is 2.30. The van der Waals surface area contributed by atoms with Crippen LogP contribution in [0.2, 0.25) is 5.02 Å². The molecule has 0 aliphatic carbocycles. The molecule has 3 aromatic rings. The first kappa shape index (κ1) is 24.5. The molecule has 1 atom stereocenters. The van der Waals surface area contributed by atoms with Crippen molar-refractivity contribution in [2.24, 2.45) is 0 Å². The molecule has 0 saturated heterocycles. The van der Waals surface area contributed by atoms with Gasteiger partial charge < -0.3 is 10.2 Å². The van der Waals surface area contributed by atoms with Crippen LogP contribution in [0.4, 0.5) is 0 Å². The zero-order chi connectivity index (χ0) is 23.5. The molecule has 4 nitrogen and oxygen atoms in total. The molecule has 172 valence electrons. The monoisotopic (exact) mass is 462 g/mol. The lowest BCUT2D eigenvalue weighted by atomic mass is 10.0. The molecule has 1 unspecified atom stereocenters. The third-order valence-electron chi connectivity index (χ3n) is 5.57. The summed E-state index contributed by atoms with van der Waals surface area (Å²) in [5.74, 6) is -0.208. The highest BCUT2D eigenvalue weighted by molar-refractivity contribution is 6.30. The van der Waals surface area contributed by atoms with E-state index >= 15 is 0 Å². The normalized spacial score (nSPS) is 11.6. The summed E-state index contributed by atoms with van der Waals surface area (Å²) in [6.07, 6.45) is 2.56. The summed E-state index contributed by atoms with van der Waals surface area (Å²) < 4.78 is 0. The summed E-state index contributed by atoms with van der Waals surface area (Å²) in [6.45, 7) is 3.06. The largest absolute Gasteiger partial charge is 0.354 e. The van der Waals surface area contributed by atoms with Crippen LogP contribution in [0.15, 0.2) is 84.9 Å². The summed E-state index contributed by atoms with van der Waals surface area (Å²) in [4.78, 5) is 28.6. The number of nitrogens with one attached hydrogen (secondary N) is 1. The van der Waals surface area contributed by atoms with Gasteiger partial charge in [0.2, 0.25) is 11.8 Å². The van der Waals surface area contributed by atoms with Crippen molar-refractivity contribution in [2.45, 2.75) is 45.2 Å². The van der Waals surface area contributed by atoms with E-state index in [-0.39, 0.29) is 18.2 Å². The predicted octanol–water partition coefficient (Wildman–Crippen LogP) is 5.44. The SMILES string of the molecule is CCCCNC(=O)C(Cc1ccccc1)N(Cc1ccccc1)C(=O)Cc1ccc(Cl)cc1. The number of amides is 2. The fraction of sp³-hybridized carbons (Fsp3) is 0.286. The molecule has 33 heavy (non-hydrogen) atoms. The zero-order valence-electron chi connectivity index (χ0n) is 19.0. The first-order valence-electron chi connectivity index (χ1n) is 11.5. The van der Waals surface area contributed by atoms with Crippen LogP contribution in [0, 0.1) is 0 Å². The van der Waals surface area contributed by atoms with Crippen LogP contribution in [0.5, 0.6) is 0 Å². The van der Waals surface area contributed by atoms with Gasteiger partial charge in [0, 0.05) is 24.5 Å². The molecule has 0 fully saturated rings. The molecule has 1 N–H and O–H groups in total. The second-order valence-electron chi connectivity index (χ2n) is 8.16. The van der Waals surface area contributed by atoms with E-state index in [1.165, 1.54) is 0 Å². The number of rotatable bonds is 11. The summed E-state index contributed by atoms with van der Waals surface area (Å²) >= 11 is 6.01. The van der Waals surface area contributed by atoms with Crippen molar-refractivity contribution in [3.8, 4) is 0 Å². The number of carbonyl (C=O) groups is 2. The van der Waals surface area contributed by atoms with Gasteiger partial charge in [-0.25, -0.2) is 0 Å². The van der Waals surface area contributed by atoms with Gasteiger partial charge in [0.25, 0.3) is 0 Å². The van der Waals surface area contributed by atoms with Crippen LogP contribution in [0.1, 0.15) is 36.5 Å². The Hall–Kier alpha value is -3.11. The quantitative estimate of drug-likeness (QED) is 0.386. The Kier molecular flexibility index (Phi) is 9.52. The van der Waals surface area contributed by atoms with Crippen LogP contribution >= 0.6 is 11.6 Å². The number of benzene rings is 3. The lowest BCUT2D eigenvalue weighted by Crippen LogP contribution is -2.51. The maximum atomic E-state index is 13.6. The van der Waals surface area contributed by atoms with Crippen molar-refractivity contribution in [2.75, 3.05) is 6.54 Å². The van der Waals surface area contributed by atoms with Crippen LogP contribution in [-0.2, 0) is 29.0 Å². The second kappa shape index (κ2) is 12.8. The molecule has 3 aromatic carbocycles. The molecule has 3 rings (SSSR count). The average molecular weight is 463 g/mol. The fourth-order valence-electron chi connectivity index (χ4n) is 3.72. The maximum absolute atomic E-state index is 13.6. The number of hydrogen-bond donors (Lipinski definition) is 1. The molecule has 0 aliphatic rings. The molecular formula is C28H31ClN2O2. The maximum Gasteiger partial charge on any atom is 0.243 e. The van der Waals surface area contributed by atoms with Gasteiger partial charge in [-0.05, 0) is 35.2 Å². The van der Waals surface area contributed by atoms with E-state index in [1.807, 2.05) is 72.8 Å². The molecule has 0 bridgehead atoms. The van der Waals surface area contributed by atoms with Gasteiger partial charge in [0.05, 0.1) is 6.42 Å². The topological polar surface area (TPSA) is 49.4 Å². The first-order valence-corrected chi connectivity index (χ1v) is 11.8. The van der Waals surface area contributed by atoms with E-state index in [9.17, 15) is 9.59 Å². The summed E-state index contributed by atoms with van der Waals surface area (Å²) in [5, 5.41) is 3.68. The smallest absolute Gasteiger partial charge is 0.243 e. The number of unbranched alkanes of at least 4 members (excludes halogenated alkanes) is 1. The third kappa shape index (κ3) is 7.76. The van der Waals surface area contributed by atoms with Crippen LogP contribution in [0.25, 0.3) is 0 Å². The van der Waals surface area contributed by atoms with E-state index in [1.54, 1.807) is 17.0 Å². The molecule has 0 radical (unpaired) electrons. The van der Waals surface area contributed by atoms with Gasteiger partial charge in [-0.3, -0.25) is 9.59 Å². The van der Waals surface area contributed by atoms with Crippen molar-refractivity contribution >= 4 is 23.4 Å². The van der Waals surface area contributed by atoms with Gasteiger partial charge in [-0.1, -0.05) is 97.7 Å². The molecular weight excluding hydrogens is 432 g/mol. The summed E-state index contributed by atoms with van der Waals surface area (Å²) in [5.41, 5.74) is 2.87. The Morgan fingerprint density at radius 3 is 2.06 bits per heavy atom. The van der Waals surface area contributed by atoms with E-state index in [0.717, 1.165) is 29.5 Å². The van der Waals surface area contributed by atoms with Crippen molar-refractivity contribution < 1.29 is 9.59 Å². The minimum Gasteiger partial charge on any atom is -0.354 e. The van der Waals surface area contributed by atoms with Crippen molar-refractivity contribution in [1.82, 2.24) is 10.2 Å². The highest BCUT2D eigenvalue weighted by atomic mass is 35.5. The average Bonchev–Trinajstić information content (AvgIpc) is 2.84. The number of carbonyl (C=O) groups excluding carboxylic acids is 2. The Labute approximate surface area is 201 Å². The van der Waals surface area contributed by atoms with Gasteiger partial charge in [0.15, 0.2) is 0 Å². The number of hydrogen-bond acceptors (Lipinski definition) is 2. The van der Waals surface area contributed by atoms with E-state index in [4.69, 9.17) is 11.6 Å². The third-order valence-corrected chi connectivity index (χ3v) is 5.82. The number of halogens is 1. The summed E-state index contributed by atoms with van der Waals surface area (Å²) in [7, 11) is 0. The van der Waals surface area contributed by atoms with E-state index in [0.29, 0.717) is 24.5 Å². The second-order valence-corrected chi connectivity index (χ2v) is 8.60. The fourth-order valence-corrected chi connectivity index (χ4v) is 3.84. The molecule has 0 saturated carbocycles. The van der Waals surface area contributed by atoms with Crippen molar-refractivity contribution in [3.05, 3.63) is 107 Å². The Balaban J connectivity index is 1.90. The van der Waals surface area contributed by atoms with Gasteiger partial charge in [-0.15, -0.1) is 0 Å². The zero-order valence-corrected chi connectivity index (χ0v) is 19.8. The molecule has 5 heteroatoms. The van der Waals surface area contributed by atoms with E-state index < -0.39 is 6.04 Å². The lowest BCUT2D eigenvalue weighted by molar-refractivity contribution is -0.140. The number of nitrogens with zero attached hydrogens (tertiary/aromatic N) is 1. The van der Waals surface area contributed by atoms with Crippen LogP contribution in [0.3, 0.4) is 0 Å². The van der Waals surface area contributed by atoms with Crippen LogP contribution < -0.4 is 5.32 Å². The first-order chi connectivity index (χ1) is 16.1. The van der Waals surface area contributed by atoms with Crippen LogP contribution in [-0.4, -0.2) is 29.3 Å². The standard InChI is InChI=1S/C28H31ClN2O2/c1-2-3-18-30-28(33)26(19-22-10-6-4-7-11-22)31(21-24-12-8-5-9-13-24)27(32)20-23-14-16-25(29)17-15-23/h4-17,26H,2-3,18-21H2,1H3,(H,30,33). The van der Waals surface area contributed by atoms with Crippen molar-refractivity contribution in [3.63, 3.8) is 0 Å². The summed E-state index contributed by atoms with van der Waals surface area (Å²) in [6, 6.07) is 26.3.